The first-order valence-electron chi connectivity index (χ1n) is 5.22. The molecule has 0 unspecified atom stereocenters. The smallest absolute Gasteiger partial charge is 0.179 e. The third-order valence-corrected chi connectivity index (χ3v) is 4.20. The van der Waals surface area contributed by atoms with Gasteiger partial charge in [0.2, 0.25) is 0 Å². The largest absolute Gasteiger partial charge is 0.224 e. The minimum Gasteiger partial charge on any atom is -0.224 e. The highest BCUT2D eigenvalue weighted by atomic mass is 32.2. The molecule has 0 aliphatic rings. The number of hydrogen-bond acceptors (Lipinski definition) is 4. The molecular weight excluding hydrogens is 236 g/mol. The van der Waals surface area contributed by atoms with E-state index >= 15 is 0 Å². The first-order chi connectivity index (χ1) is 8.06. The maximum Gasteiger partial charge on any atom is 0.179 e. The maximum absolute atomic E-state index is 12.0. The van der Waals surface area contributed by atoms with Crippen molar-refractivity contribution in [2.75, 3.05) is 5.75 Å². The number of sulfone groups is 1. The number of nitrogens with zero attached hydrogens (tertiary/aromatic N) is 2. The number of benzene rings is 1. The van der Waals surface area contributed by atoms with Gasteiger partial charge in [-0.15, -0.1) is 0 Å². The lowest BCUT2D eigenvalue weighted by Crippen LogP contribution is -2.09. The van der Waals surface area contributed by atoms with Gasteiger partial charge in [-0.3, -0.25) is 0 Å². The quantitative estimate of drug-likeness (QED) is 0.816. The fourth-order valence-electron chi connectivity index (χ4n) is 1.44. The molecule has 0 saturated heterocycles. The van der Waals surface area contributed by atoms with Crippen molar-refractivity contribution in [3.05, 3.63) is 29.3 Å². The van der Waals surface area contributed by atoms with E-state index in [-0.39, 0.29) is 21.8 Å². The molecule has 1 aromatic rings. The number of hydrogen-bond donors (Lipinski definition) is 0. The van der Waals surface area contributed by atoms with Crippen LogP contribution in [0.3, 0.4) is 0 Å². The number of rotatable bonds is 4. The molecule has 0 fully saturated rings. The summed E-state index contributed by atoms with van der Waals surface area (Å²) in [4.78, 5) is -0.0347. The Morgan fingerprint density at radius 2 is 1.94 bits per heavy atom. The van der Waals surface area contributed by atoms with E-state index in [2.05, 4.69) is 0 Å². The molecule has 0 spiro atoms. The van der Waals surface area contributed by atoms with E-state index in [0.717, 1.165) is 6.42 Å². The predicted octanol–water partition coefficient (Wildman–Crippen LogP) is 2.00. The molecule has 0 aromatic heterocycles. The summed E-state index contributed by atoms with van der Waals surface area (Å²) in [6.07, 6.45) is 1.31. The third kappa shape index (κ3) is 2.83. The Morgan fingerprint density at radius 3 is 2.47 bits per heavy atom. The van der Waals surface area contributed by atoms with Gasteiger partial charge in [0.05, 0.1) is 21.8 Å². The molecule has 0 N–H and O–H groups in total. The summed E-state index contributed by atoms with van der Waals surface area (Å²) in [6.45, 7) is 1.90. The SMILES string of the molecule is CCCCS(=O)(=O)c1cccc(C#N)c1C#N. The highest BCUT2D eigenvalue weighted by molar-refractivity contribution is 7.91. The minimum absolute atomic E-state index is 0.00701. The molecule has 4 nitrogen and oxygen atoms in total. The Labute approximate surface area is 101 Å². The lowest BCUT2D eigenvalue weighted by Gasteiger charge is -2.06. The zero-order valence-corrected chi connectivity index (χ0v) is 10.3. The van der Waals surface area contributed by atoms with Crippen LogP contribution in [0, 0.1) is 22.7 Å². The van der Waals surface area contributed by atoms with Crippen molar-refractivity contribution in [2.24, 2.45) is 0 Å². The highest BCUT2D eigenvalue weighted by Gasteiger charge is 2.20. The molecule has 0 aliphatic heterocycles. The Bertz CT molecular complexity index is 592. The summed E-state index contributed by atoms with van der Waals surface area (Å²) in [5, 5.41) is 17.8. The van der Waals surface area contributed by atoms with Crippen molar-refractivity contribution in [2.45, 2.75) is 24.7 Å². The molecule has 0 heterocycles. The molecule has 88 valence electrons. The van der Waals surface area contributed by atoms with Crippen LogP contribution in [0.2, 0.25) is 0 Å². The van der Waals surface area contributed by atoms with Gasteiger partial charge in [-0.25, -0.2) is 8.42 Å². The van der Waals surface area contributed by atoms with Gasteiger partial charge in [0.25, 0.3) is 0 Å². The Balaban J connectivity index is 3.34. The molecule has 0 saturated carbocycles. The number of nitriles is 2. The van der Waals surface area contributed by atoms with E-state index in [0.29, 0.717) is 6.42 Å². The predicted molar refractivity (Wildman–Crippen MR) is 62.8 cm³/mol. The monoisotopic (exact) mass is 248 g/mol. The van der Waals surface area contributed by atoms with Crippen molar-refractivity contribution in [3.63, 3.8) is 0 Å². The molecule has 0 amide bonds. The van der Waals surface area contributed by atoms with Gasteiger partial charge in [-0.05, 0) is 18.6 Å². The first kappa shape index (κ1) is 13.2. The first-order valence-corrected chi connectivity index (χ1v) is 6.88. The summed E-state index contributed by atoms with van der Waals surface area (Å²) in [5.41, 5.74) is 0.0520. The van der Waals surface area contributed by atoms with Gasteiger partial charge in [0.15, 0.2) is 9.84 Å². The Kier molecular flexibility index (Phi) is 4.25. The number of unbranched alkanes of at least 4 members (excludes halogenated alkanes) is 1. The van der Waals surface area contributed by atoms with Crippen LogP contribution in [0.15, 0.2) is 23.1 Å². The van der Waals surface area contributed by atoms with Crippen LogP contribution in [-0.4, -0.2) is 14.2 Å². The highest BCUT2D eigenvalue weighted by Crippen LogP contribution is 2.20. The molecular formula is C12H12N2O2S. The van der Waals surface area contributed by atoms with Gasteiger partial charge >= 0.3 is 0 Å². The molecule has 5 heteroatoms. The fourth-order valence-corrected chi connectivity index (χ4v) is 3.08. The van der Waals surface area contributed by atoms with Gasteiger partial charge in [-0.2, -0.15) is 10.5 Å². The summed E-state index contributed by atoms with van der Waals surface area (Å²) in [7, 11) is -3.47. The van der Waals surface area contributed by atoms with E-state index in [9.17, 15) is 8.42 Å². The van der Waals surface area contributed by atoms with E-state index in [1.54, 1.807) is 6.07 Å². The van der Waals surface area contributed by atoms with Gasteiger partial charge in [0, 0.05) is 0 Å². The second kappa shape index (κ2) is 5.47. The lowest BCUT2D eigenvalue weighted by molar-refractivity contribution is 0.592. The molecule has 0 aliphatic carbocycles. The van der Waals surface area contributed by atoms with Crippen LogP contribution in [0.1, 0.15) is 30.9 Å². The van der Waals surface area contributed by atoms with E-state index in [1.165, 1.54) is 18.2 Å². The summed E-state index contributed by atoms with van der Waals surface area (Å²) in [6, 6.07) is 7.93. The van der Waals surface area contributed by atoms with Crippen molar-refractivity contribution in [1.82, 2.24) is 0 Å². The molecule has 1 aromatic carbocycles. The van der Waals surface area contributed by atoms with Gasteiger partial charge in [-0.1, -0.05) is 19.4 Å². The van der Waals surface area contributed by atoms with Crippen molar-refractivity contribution in [1.29, 1.82) is 10.5 Å². The molecule has 0 atom stereocenters. The molecule has 0 bridgehead atoms. The summed E-state index contributed by atoms with van der Waals surface area (Å²) >= 11 is 0. The summed E-state index contributed by atoms with van der Waals surface area (Å²) < 4.78 is 24.0. The van der Waals surface area contributed by atoms with Crippen molar-refractivity contribution < 1.29 is 8.42 Å². The normalized spacial score (nSPS) is 10.5. The maximum atomic E-state index is 12.0. The van der Waals surface area contributed by atoms with Crippen molar-refractivity contribution >= 4 is 9.84 Å². The lowest BCUT2D eigenvalue weighted by atomic mass is 10.1. The second-order valence-electron chi connectivity index (χ2n) is 3.57. The zero-order chi connectivity index (χ0) is 12.9. The molecule has 17 heavy (non-hydrogen) atoms. The zero-order valence-electron chi connectivity index (χ0n) is 9.47. The van der Waals surface area contributed by atoms with Crippen LogP contribution in [0.4, 0.5) is 0 Å². The summed E-state index contributed by atoms with van der Waals surface area (Å²) in [5.74, 6) is 0.00701. The Morgan fingerprint density at radius 1 is 1.24 bits per heavy atom. The topological polar surface area (TPSA) is 81.7 Å². The van der Waals surface area contributed by atoms with Crippen LogP contribution in [-0.2, 0) is 9.84 Å². The minimum atomic E-state index is -3.47. The van der Waals surface area contributed by atoms with Crippen LogP contribution in [0.5, 0.6) is 0 Å². The van der Waals surface area contributed by atoms with Crippen molar-refractivity contribution in [3.8, 4) is 12.1 Å². The standard InChI is InChI=1S/C12H12N2O2S/c1-2-3-7-17(15,16)12-6-4-5-10(8-13)11(12)9-14/h4-6H,2-3,7H2,1H3. The Hall–Kier alpha value is -1.85. The third-order valence-electron chi connectivity index (χ3n) is 2.36. The van der Waals surface area contributed by atoms with Gasteiger partial charge < -0.3 is 0 Å². The fraction of sp³-hybridized carbons (Fsp3) is 0.333. The van der Waals surface area contributed by atoms with Crippen LogP contribution >= 0.6 is 0 Å². The van der Waals surface area contributed by atoms with E-state index in [4.69, 9.17) is 10.5 Å². The van der Waals surface area contributed by atoms with E-state index in [1.807, 2.05) is 13.0 Å². The van der Waals surface area contributed by atoms with Crippen LogP contribution in [0.25, 0.3) is 0 Å². The van der Waals surface area contributed by atoms with E-state index < -0.39 is 9.84 Å². The molecule has 0 radical (unpaired) electrons. The second-order valence-corrected chi connectivity index (χ2v) is 5.65. The average Bonchev–Trinajstić information content (AvgIpc) is 2.35. The molecule has 1 rings (SSSR count). The average molecular weight is 248 g/mol. The van der Waals surface area contributed by atoms with Crippen LogP contribution < -0.4 is 0 Å². The van der Waals surface area contributed by atoms with Gasteiger partial charge in [0.1, 0.15) is 12.1 Å².